The molecule has 0 amide bonds. The van der Waals surface area contributed by atoms with Gasteiger partial charge in [0.15, 0.2) is 6.29 Å². The molecule has 0 saturated carbocycles. The molecule has 7 heteroatoms. The van der Waals surface area contributed by atoms with Crippen molar-refractivity contribution in [2.75, 3.05) is 6.61 Å². The quantitative estimate of drug-likeness (QED) is 0.465. The van der Waals surface area contributed by atoms with Crippen LogP contribution in [0, 0.1) is 6.92 Å². The molecule has 0 aliphatic rings. The second kappa shape index (κ2) is 8.44. The average molecular weight is 367 g/mol. The predicted octanol–water partition coefficient (Wildman–Crippen LogP) is 3.92. The number of ether oxygens (including phenoxy) is 2. The van der Waals surface area contributed by atoms with Crippen LogP contribution in [0.5, 0.6) is 5.75 Å². The number of benzene rings is 1. The van der Waals surface area contributed by atoms with Crippen molar-refractivity contribution >= 4 is 23.3 Å². The van der Waals surface area contributed by atoms with Crippen LogP contribution in [-0.2, 0) is 11.3 Å². The van der Waals surface area contributed by atoms with Crippen LogP contribution in [0.3, 0.4) is 0 Å². The lowest BCUT2D eigenvalue weighted by molar-refractivity contribution is 0.111. The standard InChI is InChI=1S/C20H21N3O4/c1-3-4-10-26-20(25)23-18-7-5-6-15(16(18)11-21-23)13-27-19-9-8-14(2)22-17(19)12-24/h5-9,11-12H,3-4,10,13H2,1-2H3. The third-order valence-electron chi connectivity index (χ3n) is 4.12. The van der Waals surface area contributed by atoms with E-state index in [1.807, 2.05) is 26.0 Å². The zero-order valence-electron chi connectivity index (χ0n) is 15.3. The van der Waals surface area contributed by atoms with Gasteiger partial charge in [0.05, 0.1) is 18.3 Å². The van der Waals surface area contributed by atoms with E-state index in [9.17, 15) is 9.59 Å². The van der Waals surface area contributed by atoms with Crippen molar-refractivity contribution in [1.82, 2.24) is 14.8 Å². The summed E-state index contributed by atoms with van der Waals surface area (Å²) < 4.78 is 12.3. The molecule has 0 fully saturated rings. The smallest absolute Gasteiger partial charge is 0.435 e. The highest BCUT2D eigenvalue weighted by Gasteiger charge is 2.14. The van der Waals surface area contributed by atoms with Crippen LogP contribution >= 0.6 is 0 Å². The summed E-state index contributed by atoms with van der Waals surface area (Å²) in [5.74, 6) is 0.416. The summed E-state index contributed by atoms with van der Waals surface area (Å²) in [5, 5.41) is 4.94. The first-order valence-corrected chi connectivity index (χ1v) is 8.82. The van der Waals surface area contributed by atoms with Crippen molar-refractivity contribution in [3.63, 3.8) is 0 Å². The second-order valence-electron chi connectivity index (χ2n) is 6.12. The Balaban J connectivity index is 1.80. The lowest BCUT2D eigenvalue weighted by Crippen LogP contribution is -2.15. The van der Waals surface area contributed by atoms with Crippen molar-refractivity contribution in [2.45, 2.75) is 33.3 Å². The minimum atomic E-state index is -0.498. The normalized spacial score (nSPS) is 10.7. The van der Waals surface area contributed by atoms with Gasteiger partial charge in [0.25, 0.3) is 0 Å². The number of hydrogen-bond acceptors (Lipinski definition) is 6. The molecule has 0 unspecified atom stereocenters. The van der Waals surface area contributed by atoms with E-state index in [-0.39, 0.29) is 12.3 Å². The molecule has 0 aliphatic carbocycles. The summed E-state index contributed by atoms with van der Waals surface area (Å²) in [7, 11) is 0. The van der Waals surface area contributed by atoms with Crippen molar-refractivity contribution in [3.8, 4) is 5.75 Å². The highest BCUT2D eigenvalue weighted by atomic mass is 16.6. The molecule has 0 radical (unpaired) electrons. The molecule has 3 rings (SSSR count). The van der Waals surface area contributed by atoms with Crippen molar-refractivity contribution in [3.05, 3.63) is 53.5 Å². The van der Waals surface area contributed by atoms with Crippen LogP contribution in [0.25, 0.3) is 10.9 Å². The summed E-state index contributed by atoms with van der Waals surface area (Å²) in [6.45, 7) is 4.43. The van der Waals surface area contributed by atoms with E-state index in [0.29, 0.717) is 24.2 Å². The molecule has 0 spiro atoms. The van der Waals surface area contributed by atoms with Gasteiger partial charge in [-0.15, -0.1) is 0 Å². The Morgan fingerprint density at radius 1 is 1.26 bits per heavy atom. The number of aryl methyl sites for hydroxylation is 1. The molecule has 2 aromatic heterocycles. The first-order valence-electron chi connectivity index (χ1n) is 8.82. The van der Waals surface area contributed by atoms with E-state index in [0.717, 1.165) is 29.5 Å². The van der Waals surface area contributed by atoms with Crippen LogP contribution in [-0.4, -0.2) is 33.8 Å². The van der Waals surface area contributed by atoms with Gasteiger partial charge < -0.3 is 9.47 Å². The lowest BCUT2D eigenvalue weighted by atomic mass is 10.1. The molecule has 140 valence electrons. The largest absolute Gasteiger partial charge is 0.486 e. The van der Waals surface area contributed by atoms with Crippen molar-refractivity contribution in [1.29, 1.82) is 0 Å². The maximum absolute atomic E-state index is 12.2. The zero-order chi connectivity index (χ0) is 19.2. The number of hydrogen-bond donors (Lipinski definition) is 0. The number of pyridine rings is 1. The Kier molecular flexibility index (Phi) is 5.80. The third kappa shape index (κ3) is 4.13. The average Bonchev–Trinajstić information content (AvgIpc) is 3.12. The molecular formula is C20H21N3O4. The van der Waals surface area contributed by atoms with Crippen molar-refractivity contribution in [2.24, 2.45) is 0 Å². The van der Waals surface area contributed by atoms with Gasteiger partial charge in [0.2, 0.25) is 0 Å². The molecule has 0 aliphatic heterocycles. The number of unbranched alkanes of at least 4 members (excludes halogenated alkanes) is 1. The topological polar surface area (TPSA) is 83.3 Å². The molecule has 27 heavy (non-hydrogen) atoms. The maximum Gasteiger partial charge on any atom is 0.435 e. The Bertz CT molecular complexity index is 965. The van der Waals surface area contributed by atoms with Crippen LogP contribution < -0.4 is 4.74 Å². The highest BCUT2D eigenvalue weighted by molar-refractivity contribution is 5.89. The number of aldehydes is 1. The van der Waals surface area contributed by atoms with Gasteiger partial charge >= 0.3 is 6.09 Å². The van der Waals surface area contributed by atoms with Gasteiger partial charge in [0, 0.05) is 16.6 Å². The predicted molar refractivity (Wildman–Crippen MR) is 100 cm³/mol. The third-order valence-corrected chi connectivity index (χ3v) is 4.12. The molecule has 3 aromatic rings. The Morgan fingerprint density at radius 2 is 2.11 bits per heavy atom. The lowest BCUT2D eigenvalue weighted by Gasteiger charge is -2.09. The van der Waals surface area contributed by atoms with Crippen LogP contribution in [0.15, 0.2) is 36.5 Å². The number of aromatic nitrogens is 3. The molecule has 1 aromatic carbocycles. The SMILES string of the molecule is CCCCOC(=O)n1ncc2c(COc3ccc(C)nc3C=O)cccc21. The van der Waals surface area contributed by atoms with E-state index in [1.165, 1.54) is 4.68 Å². The second-order valence-corrected chi connectivity index (χ2v) is 6.12. The summed E-state index contributed by atoms with van der Waals surface area (Å²) >= 11 is 0. The van der Waals surface area contributed by atoms with Gasteiger partial charge in [-0.3, -0.25) is 4.79 Å². The van der Waals surface area contributed by atoms with E-state index in [2.05, 4.69) is 10.1 Å². The fourth-order valence-corrected chi connectivity index (χ4v) is 2.67. The Labute approximate surface area is 156 Å². The molecule has 0 atom stereocenters. The molecule has 2 heterocycles. The zero-order valence-corrected chi connectivity index (χ0v) is 15.3. The minimum absolute atomic E-state index is 0.222. The molecular weight excluding hydrogens is 346 g/mol. The Morgan fingerprint density at radius 3 is 2.89 bits per heavy atom. The first-order chi connectivity index (χ1) is 13.1. The molecule has 0 N–H and O–H groups in total. The summed E-state index contributed by atoms with van der Waals surface area (Å²) in [4.78, 5) is 27.5. The van der Waals surface area contributed by atoms with E-state index < -0.39 is 6.09 Å². The number of fused-ring (bicyclic) bond motifs is 1. The van der Waals surface area contributed by atoms with Crippen LogP contribution in [0.1, 0.15) is 41.5 Å². The number of nitrogens with zero attached hydrogens (tertiary/aromatic N) is 3. The van der Waals surface area contributed by atoms with Crippen LogP contribution in [0.4, 0.5) is 4.79 Å². The van der Waals surface area contributed by atoms with Gasteiger partial charge in [-0.1, -0.05) is 25.5 Å². The summed E-state index contributed by atoms with van der Waals surface area (Å²) in [5.41, 5.74) is 2.50. The molecule has 0 saturated heterocycles. The number of rotatable bonds is 7. The molecule has 0 bridgehead atoms. The first kappa shape index (κ1) is 18.6. The van der Waals surface area contributed by atoms with Crippen molar-refractivity contribution < 1.29 is 19.1 Å². The number of carbonyl (C=O) groups is 2. The van der Waals surface area contributed by atoms with Gasteiger partial charge in [0.1, 0.15) is 18.1 Å². The van der Waals surface area contributed by atoms with Gasteiger partial charge in [-0.2, -0.15) is 9.78 Å². The van der Waals surface area contributed by atoms with E-state index in [1.54, 1.807) is 24.4 Å². The van der Waals surface area contributed by atoms with Gasteiger partial charge in [-0.05, 0) is 31.5 Å². The Hall–Kier alpha value is -3.22. The minimum Gasteiger partial charge on any atom is -0.486 e. The van der Waals surface area contributed by atoms with E-state index in [4.69, 9.17) is 9.47 Å². The fourth-order valence-electron chi connectivity index (χ4n) is 2.67. The van der Waals surface area contributed by atoms with Crippen LogP contribution in [0.2, 0.25) is 0 Å². The molecule has 7 nitrogen and oxygen atoms in total. The monoisotopic (exact) mass is 367 g/mol. The van der Waals surface area contributed by atoms with Gasteiger partial charge in [-0.25, -0.2) is 9.78 Å². The fraction of sp³-hybridized carbons (Fsp3) is 0.300. The van der Waals surface area contributed by atoms with E-state index >= 15 is 0 Å². The number of carbonyl (C=O) groups excluding carboxylic acids is 2. The summed E-state index contributed by atoms with van der Waals surface area (Å²) in [6.07, 6.45) is 3.55. The highest BCUT2D eigenvalue weighted by Crippen LogP contribution is 2.22. The maximum atomic E-state index is 12.2. The summed E-state index contributed by atoms with van der Waals surface area (Å²) in [6, 6.07) is 9.02.